The number of rotatable bonds is 3. The average molecular weight is 237 g/mol. The number of nitrogens with two attached hydrogens (primary N) is 1. The summed E-state index contributed by atoms with van der Waals surface area (Å²) in [5.41, 5.74) is 8.68. The summed E-state index contributed by atoms with van der Waals surface area (Å²) < 4.78 is 0. The molecule has 7 nitrogen and oxygen atoms in total. The topological polar surface area (TPSA) is 83.2 Å². The van der Waals surface area contributed by atoms with Crippen LogP contribution < -0.4 is 16.1 Å². The van der Waals surface area contributed by atoms with Crippen LogP contribution in [0.5, 0.6) is 0 Å². The van der Waals surface area contributed by atoms with Crippen LogP contribution in [0.15, 0.2) is 0 Å². The van der Waals surface area contributed by atoms with E-state index in [1.165, 1.54) is 19.3 Å². The number of hydrogen-bond acceptors (Lipinski definition) is 7. The van der Waals surface area contributed by atoms with Crippen LogP contribution in [0.25, 0.3) is 0 Å². The molecule has 2 heterocycles. The molecular weight excluding hydrogens is 218 g/mol. The molecule has 0 spiro atoms. The zero-order valence-electron chi connectivity index (χ0n) is 10.3. The zero-order chi connectivity index (χ0) is 12.3. The number of aromatic nitrogens is 3. The molecule has 17 heavy (non-hydrogen) atoms. The smallest absolute Gasteiger partial charge is 0.244 e. The first-order valence-corrected chi connectivity index (χ1v) is 5.85. The fourth-order valence-corrected chi connectivity index (χ4v) is 1.87. The van der Waals surface area contributed by atoms with E-state index in [2.05, 4.69) is 25.3 Å². The van der Waals surface area contributed by atoms with E-state index in [1.54, 1.807) is 5.01 Å². The lowest BCUT2D eigenvalue weighted by molar-refractivity contribution is 0.488. The normalized spacial score (nSPS) is 16.3. The number of hydrogen-bond donors (Lipinski definition) is 2. The van der Waals surface area contributed by atoms with Gasteiger partial charge in [-0.3, -0.25) is 5.43 Å². The number of anilines is 3. The highest BCUT2D eigenvalue weighted by atomic mass is 15.5. The van der Waals surface area contributed by atoms with Gasteiger partial charge >= 0.3 is 0 Å². The molecule has 0 atom stereocenters. The van der Waals surface area contributed by atoms with Gasteiger partial charge in [0.1, 0.15) is 0 Å². The van der Waals surface area contributed by atoms with Gasteiger partial charge in [0.15, 0.2) is 0 Å². The predicted molar refractivity (Wildman–Crippen MR) is 67.6 cm³/mol. The van der Waals surface area contributed by atoms with Gasteiger partial charge in [0.25, 0.3) is 0 Å². The molecule has 1 saturated heterocycles. The summed E-state index contributed by atoms with van der Waals surface area (Å²) in [7, 11) is 3.75. The SMILES string of the molecule is CN(C)Nc1nc(N)nc(N2CCCCC2)n1. The van der Waals surface area contributed by atoms with E-state index in [4.69, 9.17) is 5.73 Å². The molecule has 0 bridgehead atoms. The van der Waals surface area contributed by atoms with E-state index < -0.39 is 0 Å². The molecule has 0 saturated carbocycles. The van der Waals surface area contributed by atoms with Crippen molar-refractivity contribution in [3.05, 3.63) is 0 Å². The van der Waals surface area contributed by atoms with Gasteiger partial charge in [-0.1, -0.05) is 0 Å². The van der Waals surface area contributed by atoms with Crippen molar-refractivity contribution >= 4 is 17.8 Å². The molecular formula is C10H19N7. The Hall–Kier alpha value is -1.63. The maximum atomic E-state index is 5.69. The van der Waals surface area contributed by atoms with E-state index in [1.807, 2.05) is 14.1 Å². The van der Waals surface area contributed by atoms with Crippen molar-refractivity contribution in [3.8, 4) is 0 Å². The minimum atomic E-state index is 0.255. The van der Waals surface area contributed by atoms with Crippen molar-refractivity contribution in [2.75, 3.05) is 43.2 Å². The van der Waals surface area contributed by atoms with Crippen LogP contribution in [0.3, 0.4) is 0 Å². The summed E-state index contributed by atoms with van der Waals surface area (Å²) in [4.78, 5) is 14.8. The summed E-state index contributed by atoms with van der Waals surface area (Å²) >= 11 is 0. The van der Waals surface area contributed by atoms with Crippen LogP contribution in [0.4, 0.5) is 17.8 Å². The van der Waals surface area contributed by atoms with Crippen LogP contribution in [-0.2, 0) is 0 Å². The predicted octanol–water partition coefficient (Wildman–Crippen LogP) is 0.333. The van der Waals surface area contributed by atoms with Crippen LogP contribution in [0.1, 0.15) is 19.3 Å². The van der Waals surface area contributed by atoms with E-state index in [9.17, 15) is 0 Å². The van der Waals surface area contributed by atoms with Crippen LogP contribution in [0.2, 0.25) is 0 Å². The summed E-state index contributed by atoms with van der Waals surface area (Å²) in [6, 6.07) is 0. The Morgan fingerprint density at radius 2 is 1.82 bits per heavy atom. The maximum absolute atomic E-state index is 5.69. The van der Waals surface area contributed by atoms with Gasteiger partial charge in [-0.15, -0.1) is 0 Å². The monoisotopic (exact) mass is 237 g/mol. The highest BCUT2D eigenvalue weighted by Crippen LogP contribution is 2.17. The second-order valence-electron chi connectivity index (χ2n) is 4.37. The standard InChI is InChI=1S/C10H19N7/c1-16(2)15-9-12-8(11)13-10(14-9)17-6-4-3-5-7-17/h3-7H2,1-2H3,(H3,11,12,13,14,15). The van der Waals surface area contributed by atoms with Crippen LogP contribution >= 0.6 is 0 Å². The van der Waals surface area contributed by atoms with Gasteiger partial charge in [-0.25, -0.2) is 5.01 Å². The number of piperidine rings is 1. The van der Waals surface area contributed by atoms with E-state index >= 15 is 0 Å². The largest absolute Gasteiger partial charge is 0.368 e. The Bertz CT molecular complexity index is 373. The Balaban J connectivity index is 2.18. The molecule has 94 valence electrons. The number of hydrazine groups is 1. The molecule has 1 aromatic rings. The Morgan fingerprint density at radius 3 is 2.47 bits per heavy atom. The molecule has 1 aromatic heterocycles. The van der Waals surface area contributed by atoms with Crippen LogP contribution in [-0.4, -0.2) is 47.1 Å². The Labute approximate surface area is 101 Å². The van der Waals surface area contributed by atoms with Gasteiger partial charge in [-0.05, 0) is 19.3 Å². The van der Waals surface area contributed by atoms with Crippen molar-refractivity contribution in [2.24, 2.45) is 0 Å². The van der Waals surface area contributed by atoms with Gasteiger partial charge in [0.05, 0.1) is 0 Å². The maximum Gasteiger partial charge on any atom is 0.244 e. The highest BCUT2D eigenvalue weighted by molar-refractivity contribution is 5.41. The molecule has 0 amide bonds. The van der Waals surface area contributed by atoms with Crippen molar-refractivity contribution in [3.63, 3.8) is 0 Å². The summed E-state index contributed by atoms with van der Waals surface area (Å²) in [6.07, 6.45) is 3.64. The third-order valence-corrected chi connectivity index (χ3v) is 2.60. The molecule has 1 aliphatic heterocycles. The molecule has 0 unspecified atom stereocenters. The molecule has 0 radical (unpaired) electrons. The van der Waals surface area contributed by atoms with E-state index in [0.29, 0.717) is 11.9 Å². The molecule has 3 N–H and O–H groups in total. The summed E-state index contributed by atoms with van der Waals surface area (Å²) in [5, 5.41) is 1.77. The molecule has 7 heteroatoms. The van der Waals surface area contributed by atoms with Gasteiger partial charge in [0.2, 0.25) is 17.8 Å². The molecule has 1 aliphatic rings. The molecule has 2 rings (SSSR count). The lowest BCUT2D eigenvalue weighted by atomic mass is 10.1. The van der Waals surface area contributed by atoms with E-state index in [0.717, 1.165) is 13.1 Å². The van der Waals surface area contributed by atoms with Crippen molar-refractivity contribution < 1.29 is 0 Å². The summed E-state index contributed by atoms with van der Waals surface area (Å²) in [5.74, 6) is 1.41. The molecule has 0 aliphatic carbocycles. The number of nitrogens with one attached hydrogen (secondary N) is 1. The van der Waals surface area contributed by atoms with Gasteiger partial charge < -0.3 is 10.6 Å². The third kappa shape index (κ3) is 3.16. The molecule has 1 fully saturated rings. The van der Waals surface area contributed by atoms with E-state index in [-0.39, 0.29) is 5.95 Å². The Kier molecular flexibility index (Phi) is 3.58. The first kappa shape index (κ1) is 11.8. The minimum Gasteiger partial charge on any atom is -0.368 e. The first-order valence-electron chi connectivity index (χ1n) is 5.85. The van der Waals surface area contributed by atoms with Gasteiger partial charge in [0, 0.05) is 27.2 Å². The number of nitrogen functional groups attached to an aromatic ring is 1. The fourth-order valence-electron chi connectivity index (χ4n) is 1.87. The number of nitrogens with zero attached hydrogens (tertiary/aromatic N) is 5. The van der Waals surface area contributed by atoms with Crippen molar-refractivity contribution in [1.82, 2.24) is 20.0 Å². The highest BCUT2D eigenvalue weighted by Gasteiger charge is 2.15. The fraction of sp³-hybridized carbons (Fsp3) is 0.700. The van der Waals surface area contributed by atoms with Crippen molar-refractivity contribution in [1.29, 1.82) is 0 Å². The lowest BCUT2D eigenvalue weighted by Crippen LogP contribution is -2.32. The van der Waals surface area contributed by atoms with Crippen molar-refractivity contribution in [2.45, 2.75) is 19.3 Å². The zero-order valence-corrected chi connectivity index (χ0v) is 10.3. The molecule has 0 aromatic carbocycles. The lowest BCUT2D eigenvalue weighted by Gasteiger charge is -2.26. The quantitative estimate of drug-likeness (QED) is 0.733. The van der Waals surface area contributed by atoms with Crippen LogP contribution in [0, 0.1) is 0 Å². The van der Waals surface area contributed by atoms with Gasteiger partial charge in [-0.2, -0.15) is 15.0 Å². The second-order valence-corrected chi connectivity index (χ2v) is 4.37. The summed E-state index contributed by atoms with van der Waals surface area (Å²) in [6.45, 7) is 1.98. The average Bonchev–Trinajstić information content (AvgIpc) is 2.28. The first-order chi connectivity index (χ1) is 8.15. The third-order valence-electron chi connectivity index (χ3n) is 2.60. The Morgan fingerprint density at radius 1 is 1.12 bits per heavy atom. The minimum absolute atomic E-state index is 0.255. The second kappa shape index (κ2) is 5.13.